The molecular weight excluding hydrogens is 364 g/mol. The van der Waals surface area contributed by atoms with Gasteiger partial charge in [-0.3, -0.25) is 4.90 Å². The third-order valence-electron chi connectivity index (χ3n) is 5.01. The van der Waals surface area contributed by atoms with Crippen molar-refractivity contribution in [1.82, 2.24) is 19.7 Å². The lowest BCUT2D eigenvalue weighted by Gasteiger charge is -2.27. The molecule has 7 heteroatoms. The number of aryl methyl sites for hydroxylation is 2. The summed E-state index contributed by atoms with van der Waals surface area (Å²) in [7, 11) is 1.94. The molecule has 0 saturated heterocycles. The molecule has 0 aliphatic heterocycles. The van der Waals surface area contributed by atoms with Crippen molar-refractivity contribution < 1.29 is 4.42 Å². The van der Waals surface area contributed by atoms with Crippen molar-refractivity contribution in [2.45, 2.75) is 62.0 Å². The van der Waals surface area contributed by atoms with Gasteiger partial charge in [0.2, 0.25) is 0 Å². The normalized spacial score (nSPS) is 15.3. The number of hydrogen-bond donors (Lipinski definition) is 0. The van der Waals surface area contributed by atoms with Gasteiger partial charge in [-0.1, -0.05) is 12.8 Å². The molecule has 1 aliphatic rings. The Labute approximate surface area is 162 Å². The van der Waals surface area contributed by atoms with Crippen LogP contribution in [0.4, 0.5) is 0 Å². The van der Waals surface area contributed by atoms with Gasteiger partial charge in [0.05, 0.1) is 6.54 Å². The third kappa shape index (κ3) is 4.05. The largest absolute Gasteiger partial charge is 0.453 e. The number of aromatic nitrogens is 3. The summed E-state index contributed by atoms with van der Waals surface area (Å²) in [5, 5.41) is 11.9. The van der Waals surface area contributed by atoms with Crippen molar-refractivity contribution >= 4 is 23.1 Å². The van der Waals surface area contributed by atoms with E-state index < -0.39 is 0 Å². The minimum absolute atomic E-state index is 0.663. The number of thiophene rings is 1. The molecule has 0 unspecified atom stereocenters. The van der Waals surface area contributed by atoms with Crippen LogP contribution in [-0.2, 0) is 20.1 Å². The lowest BCUT2D eigenvalue weighted by atomic mass is 10.2. The van der Waals surface area contributed by atoms with E-state index in [-0.39, 0.29) is 0 Å². The van der Waals surface area contributed by atoms with Crippen molar-refractivity contribution in [1.29, 1.82) is 0 Å². The van der Waals surface area contributed by atoms with Crippen LogP contribution in [0.3, 0.4) is 0 Å². The quantitative estimate of drug-likeness (QED) is 0.578. The van der Waals surface area contributed by atoms with E-state index in [1.165, 1.54) is 47.9 Å². The van der Waals surface area contributed by atoms with Crippen LogP contribution < -0.4 is 0 Å². The summed E-state index contributed by atoms with van der Waals surface area (Å²) in [6, 6.07) is 7.02. The van der Waals surface area contributed by atoms with E-state index in [2.05, 4.69) is 39.5 Å². The molecule has 1 fully saturated rings. The Balaban J connectivity index is 1.47. The maximum atomic E-state index is 6.10. The van der Waals surface area contributed by atoms with Gasteiger partial charge in [0.1, 0.15) is 12.1 Å². The van der Waals surface area contributed by atoms with Crippen molar-refractivity contribution in [3.05, 3.63) is 46.1 Å². The minimum Gasteiger partial charge on any atom is -0.453 e. The number of hydrogen-bond acceptors (Lipinski definition) is 6. The first-order chi connectivity index (χ1) is 12.7. The molecule has 0 atom stereocenters. The van der Waals surface area contributed by atoms with Crippen LogP contribution in [0, 0.1) is 6.92 Å². The summed E-state index contributed by atoms with van der Waals surface area (Å²) in [6.45, 7) is 4.09. The Bertz CT molecular complexity index is 847. The van der Waals surface area contributed by atoms with Gasteiger partial charge in [-0.25, -0.2) is 0 Å². The lowest BCUT2D eigenvalue weighted by Crippen LogP contribution is -2.32. The number of nitrogens with zero attached hydrogens (tertiary/aromatic N) is 4. The van der Waals surface area contributed by atoms with Crippen molar-refractivity contribution in [2.75, 3.05) is 0 Å². The van der Waals surface area contributed by atoms with E-state index >= 15 is 0 Å². The maximum Gasteiger partial charge on any atom is 0.198 e. The summed E-state index contributed by atoms with van der Waals surface area (Å²) in [6.07, 6.45) is 6.99. The average Bonchev–Trinajstić information content (AvgIpc) is 3.39. The molecule has 0 N–H and O–H groups in total. The van der Waals surface area contributed by atoms with Gasteiger partial charge < -0.3 is 8.98 Å². The second kappa shape index (κ2) is 7.98. The summed E-state index contributed by atoms with van der Waals surface area (Å²) < 4.78 is 8.00. The second-order valence-electron chi connectivity index (χ2n) is 6.92. The molecule has 3 heterocycles. The van der Waals surface area contributed by atoms with Crippen molar-refractivity contribution in [3.63, 3.8) is 0 Å². The summed E-state index contributed by atoms with van der Waals surface area (Å²) >= 11 is 3.38. The highest BCUT2D eigenvalue weighted by atomic mass is 32.2. The minimum atomic E-state index is 0.663. The highest BCUT2D eigenvalue weighted by molar-refractivity contribution is 7.99. The molecule has 3 aromatic heterocycles. The van der Waals surface area contributed by atoms with Crippen molar-refractivity contribution in [3.8, 4) is 0 Å². The predicted molar refractivity (Wildman–Crippen MR) is 104 cm³/mol. The monoisotopic (exact) mass is 388 g/mol. The molecule has 4 rings (SSSR count). The van der Waals surface area contributed by atoms with E-state index in [9.17, 15) is 0 Å². The first kappa shape index (κ1) is 17.8. The summed E-state index contributed by atoms with van der Waals surface area (Å²) in [5.74, 6) is 1.02. The molecule has 0 radical (unpaired) electrons. The topological polar surface area (TPSA) is 47.1 Å². The molecule has 138 valence electrons. The Morgan fingerprint density at radius 3 is 2.81 bits per heavy atom. The first-order valence-electron chi connectivity index (χ1n) is 9.06. The van der Waals surface area contributed by atoms with E-state index in [4.69, 9.17) is 4.42 Å². The molecule has 0 bridgehead atoms. The van der Waals surface area contributed by atoms with Crippen LogP contribution in [0.5, 0.6) is 0 Å². The standard InChI is InChI=1S/C19H24N4OS2/c1-14-9-10-25-17(14)12-23(15-5-3-4-6-15)11-16-7-8-18(24-16)26-19-21-20-13-22(19)2/h7-10,13,15H,3-6,11-12H2,1-2H3. The zero-order chi connectivity index (χ0) is 17.9. The highest BCUT2D eigenvalue weighted by Crippen LogP contribution is 2.31. The Kier molecular flexibility index (Phi) is 5.47. The fraction of sp³-hybridized carbons (Fsp3) is 0.474. The lowest BCUT2D eigenvalue weighted by molar-refractivity contribution is 0.165. The van der Waals surface area contributed by atoms with Crippen LogP contribution in [0.2, 0.25) is 0 Å². The van der Waals surface area contributed by atoms with E-state index in [1.54, 1.807) is 6.33 Å². The molecule has 1 saturated carbocycles. The Morgan fingerprint density at radius 1 is 1.27 bits per heavy atom. The molecular formula is C19H24N4OS2. The van der Waals surface area contributed by atoms with Gasteiger partial charge in [-0.05, 0) is 60.7 Å². The van der Waals surface area contributed by atoms with E-state index in [0.29, 0.717) is 6.04 Å². The second-order valence-corrected chi connectivity index (χ2v) is 8.89. The zero-order valence-corrected chi connectivity index (χ0v) is 16.9. The molecule has 0 amide bonds. The number of furan rings is 1. The fourth-order valence-electron chi connectivity index (χ4n) is 3.49. The van der Waals surface area contributed by atoms with Crippen molar-refractivity contribution in [2.24, 2.45) is 7.05 Å². The van der Waals surface area contributed by atoms with Crippen LogP contribution >= 0.6 is 23.1 Å². The first-order valence-corrected chi connectivity index (χ1v) is 10.8. The smallest absolute Gasteiger partial charge is 0.198 e. The summed E-state index contributed by atoms with van der Waals surface area (Å²) in [4.78, 5) is 4.07. The van der Waals surface area contributed by atoms with Gasteiger partial charge in [0.25, 0.3) is 0 Å². The molecule has 26 heavy (non-hydrogen) atoms. The zero-order valence-electron chi connectivity index (χ0n) is 15.2. The average molecular weight is 389 g/mol. The molecule has 3 aromatic rings. The molecule has 5 nitrogen and oxygen atoms in total. The predicted octanol–water partition coefficient (Wildman–Crippen LogP) is 4.87. The van der Waals surface area contributed by atoms with Gasteiger partial charge >= 0.3 is 0 Å². The Hall–Kier alpha value is -1.57. The van der Waals surface area contributed by atoms with Gasteiger partial charge in [-0.2, -0.15) is 0 Å². The molecule has 0 spiro atoms. The molecule has 1 aliphatic carbocycles. The van der Waals surface area contributed by atoms with E-state index in [0.717, 1.165) is 29.1 Å². The number of rotatable bonds is 7. The van der Waals surface area contributed by atoms with E-state index in [1.807, 2.05) is 29.0 Å². The highest BCUT2D eigenvalue weighted by Gasteiger charge is 2.24. The fourth-order valence-corrected chi connectivity index (χ4v) is 5.16. The van der Waals surface area contributed by atoms with Gasteiger partial charge in [0.15, 0.2) is 10.2 Å². The van der Waals surface area contributed by atoms with Crippen LogP contribution in [0.1, 0.15) is 41.9 Å². The van der Waals surface area contributed by atoms with Gasteiger partial charge in [-0.15, -0.1) is 21.5 Å². The maximum absolute atomic E-state index is 6.10. The van der Waals surface area contributed by atoms with Crippen LogP contribution in [-0.4, -0.2) is 25.7 Å². The summed E-state index contributed by atoms with van der Waals surface area (Å²) in [5.41, 5.74) is 1.40. The third-order valence-corrected chi connectivity index (χ3v) is 6.99. The SMILES string of the molecule is Cc1ccsc1CN(Cc1ccc(Sc2nncn2C)o1)C1CCCC1. The van der Waals surface area contributed by atoms with Crippen LogP contribution in [0.25, 0.3) is 0 Å². The Morgan fingerprint density at radius 2 is 2.12 bits per heavy atom. The van der Waals surface area contributed by atoms with Crippen LogP contribution in [0.15, 0.2) is 44.6 Å². The molecule has 0 aromatic carbocycles. The van der Waals surface area contributed by atoms with Gasteiger partial charge in [0, 0.05) is 24.5 Å².